The van der Waals surface area contributed by atoms with E-state index in [2.05, 4.69) is 40.3 Å². The molecule has 1 heterocycles. The first-order chi connectivity index (χ1) is 17.4. The van der Waals surface area contributed by atoms with Crippen LogP contribution in [0.4, 0.5) is 10.5 Å². The number of aryl methyl sites for hydroxylation is 1. The van der Waals surface area contributed by atoms with E-state index in [9.17, 15) is 9.59 Å². The minimum absolute atomic E-state index is 0.0260. The number of piperazine rings is 1. The molecule has 0 spiro atoms. The Kier molecular flexibility index (Phi) is 10.1. The van der Waals surface area contributed by atoms with Crippen LogP contribution in [0.1, 0.15) is 36.6 Å². The van der Waals surface area contributed by atoms with Gasteiger partial charge in [0.1, 0.15) is 5.75 Å². The van der Waals surface area contributed by atoms with Gasteiger partial charge in [-0.1, -0.05) is 38.1 Å². The lowest BCUT2D eigenvalue weighted by atomic mass is 10.0. The van der Waals surface area contributed by atoms with Gasteiger partial charge in [-0.05, 0) is 61.8 Å². The molecule has 3 rings (SSSR count). The molecule has 0 saturated carbocycles. The van der Waals surface area contributed by atoms with Gasteiger partial charge < -0.3 is 20.3 Å². The first-order valence-corrected chi connectivity index (χ1v) is 12.8. The molecule has 1 atom stereocenters. The second-order valence-electron chi connectivity index (χ2n) is 9.26. The van der Waals surface area contributed by atoms with E-state index in [0.717, 1.165) is 41.2 Å². The summed E-state index contributed by atoms with van der Waals surface area (Å²) in [5.74, 6) is 0.788. The Morgan fingerprint density at radius 2 is 1.72 bits per heavy atom. The average molecular weight is 496 g/mol. The number of rotatable bonds is 10. The largest absolute Gasteiger partial charge is 0.497 e. The van der Waals surface area contributed by atoms with Crippen LogP contribution < -0.4 is 15.4 Å². The Morgan fingerprint density at radius 1 is 1.03 bits per heavy atom. The molecule has 0 aliphatic carbocycles. The number of amides is 3. The van der Waals surface area contributed by atoms with E-state index in [-0.39, 0.29) is 18.0 Å². The third kappa shape index (κ3) is 7.21. The molecule has 0 radical (unpaired) electrons. The molecule has 1 aliphatic heterocycles. The first-order valence-electron chi connectivity index (χ1n) is 12.8. The number of ether oxygens (including phenoxy) is 1. The van der Waals surface area contributed by atoms with Crippen LogP contribution in [0, 0.1) is 13.8 Å². The van der Waals surface area contributed by atoms with Crippen molar-refractivity contribution in [3.05, 3.63) is 59.2 Å². The van der Waals surface area contributed by atoms with Gasteiger partial charge in [-0.25, -0.2) is 4.79 Å². The topological polar surface area (TPSA) is 77.2 Å². The molecule has 0 unspecified atom stereocenters. The average Bonchev–Trinajstić information content (AvgIpc) is 2.89. The Balaban J connectivity index is 1.50. The van der Waals surface area contributed by atoms with Crippen molar-refractivity contribution in [1.82, 2.24) is 20.0 Å². The molecule has 2 aromatic carbocycles. The summed E-state index contributed by atoms with van der Waals surface area (Å²) in [7, 11) is 1.67. The predicted octanol–water partition coefficient (Wildman–Crippen LogP) is 3.66. The van der Waals surface area contributed by atoms with E-state index in [0.29, 0.717) is 39.3 Å². The lowest BCUT2D eigenvalue weighted by molar-refractivity contribution is -0.117. The van der Waals surface area contributed by atoms with Crippen LogP contribution in [-0.4, -0.2) is 86.1 Å². The molecule has 1 saturated heterocycles. The fourth-order valence-electron chi connectivity index (χ4n) is 4.66. The smallest absolute Gasteiger partial charge is 0.317 e. The van der Waals surface area contributed by atoms with Crippen molar-refractivity contribution >= 4 is 17.6 Å². The number of likely N-dealkylation sites (N-methyl/N-ethyl adjacent to an activating group) is 1. The third-order valence-corrected chi connectivity index (χ3v) is 7.08. The number of hydrogen-bond donors (Lipinski definition) is 2. The Morgan fingerprint density at radius 3 is 2.39 bits per heavy atom. The van der Waals surface area contributed by atoms with Crippen LogP contribution in [0.3, 0.4) is 0 Å². The van der Waals surface area contributed by atoms with Crippen LogP contribution in [-0.2, 0) is 4.79 Å². The predicted molar refractivity (Wildman–Crippen MR) is 145 cm³/mol. The van der Waals surface area contributed by atoms with Crippen molar-refractivity contribution in [2.75, 3.05) is 64.8 Å². The highest BCUT2D eigenvalue weighted by Crippen LogP contribution is 2.24. The molecule has 8 nitrogen and oxygen atoms in total. The molecule has 8 heteroatoms. The minimum Gasteiger partial charge on any atom is -0.497 e. The van der Waals surface area contributed by atoms with Gasteiger partial charge in [0, 0.05) is 38.4 Å². The van der Waals surface area contributed by atoms with Gasteiger partial charge >= 0.3 is 6.03 Å². The van der Waals surface area contributed by atoms with Crippen LogP contribution in [0.15, 0.2) is 42.5 Å². The number of urea groups is 1. The van der Waals surface area contributed by atoms with E-state index in [1.165, 1.54) is 0 Å². The highest BCUT2D eigenvalue weighted by Gasteiger charge is 2.25. The Hall–Kier alpha value is -3.10. The Labute approximate surface area is 215 Å². The minimum atomic E-state index is -0.0606. The zero-order valence-corrected chi connectivity index (χ0v) is 22.3. The zero-order chi connectivity index (χ0) is 26.1. The second kappa shape index (κ2) is 13.3. The maximum Gasteiger partial charge on any atom is 0.317 e. The summed E-state index contributed by atoms with van der Waals surface area (Å²) in [6.45, 7) is 13.5. The molecule has 2 N–H and O–H groups in total. The van der Waals surface area contributed by atoms with Gasteiger partial charge in [0.2, 0.25) is 5.91 Å². The Bertz CT molecular complexity index is 1020. The number of nitrogens with zero attached hydrogens (tertiary/aromatic N) is 3. The lowest BCUT2D eigenvalue weighted by Gasteiger charge is -2.35. The molecule has 2 aromatic rings. The third-order valence-electron chi connectivity index (χ3n) is 7.08. The normalized spacial score (nSPS) is 15.0. The van der Waals surface area contributed by atoms with E-state index in [1.54, 1.807) is 7.11 Å². The van der Waals surface area contributed by atoms with E-state index in [1.807, 2.05) is 55.1 Å². The number of nitrogens with one attached hydrogen (secondary N) is 2. The van der Waals surface area contributed by atoms with Crippen LogP contribution in [0.2, 0.25) is 0 Å². The standard InChI is InChI=1S/C28H41N5O3/c1-6-32(7-2)26(23-11-9-12-24(18-23)36-5)19-29-28(35)33-16-14-31(15-17-33)20-27(34)30-25-13-8-10-21(3)22(25)4/h8-13,18,26H,6-7,14-17,19-20H2,1-5H3,(H,29,35)(H,30,34)/t26-/m1/s1. The van der Waals surface area contributed by atoms with E-state index < -0.39 is 0 Å². The van der Waals surface area contributed by atoms with Crippen molar-refractivity contribution in [3.63, 3.8) is 0 Å². The number of carbonyl (C=O) groups is 2. The zero-order valence-electron chi connectivity index (χ0n) is 22.3. The lowest BCUT2D eigenvalue weighted by Crippen LogP contribution is -2.53. The highest BCUT2D eigenvalue weighted by molar-refractivity contribution is 5.93. The van der Waals surface area contributed by atoms with Crippen LogP contribution in [0.5, 0.6) is 5.75 Å². The highest BCUT2D eigenvalue weighted by atomic mass is 16.5. The molecule has 1 aliphatic rings. The summed E-state index contributed by atoms with van der Waals surface area (Å²) >= 11 is 0. The number of methoxy groups -OCH3 is 1. The van der Waals surface area contributed by atoms with Crippen molar-refractivity contribution in [3.8, 4) is 5.75 Å². The monoisotopic (exact) mass is 495 g/mol. The number of anilines is 1. The van der Waals surface area contributed by atoms with Gasteiger partial charge in [0.15, 0.2) is 0 Å². The molecule has 0 bridgehead atoms. The quantitative estimate of drug-likeness (QED) is 0.526. The summed E-state index contributed by atoms with van der Waals surface area (Å²) in [5.41, 5.74) is 4.22. The maximum absolute atomic E-state index is 13.0. The molecular weight excluding hydrogens is 454 g/mol. The molecule has 36 heavy (non-hydrogen) atoms. The second-order valence-corrected chi connectivity index (χ2v) is 9.26. The molecule has 3 amide bonds. The van der Waals surface area contributed by atoms with E-state index >= 15 is 0 Å². The van der Waals surface area contributed by atoms with Crippen molar-refractivity contribution in [1.29, 1.82) is 0 Å². The van der Waals surface area contributed by atoms with Gasteiger partial charge in [0.05, 0.1) is 19.7 Å². The molecule has 1 fully saturated rings. The van der Waals surface area contributed by atoms with Gasteiger partial charge in [0.25, 0.3) is 0 Å². The van der Waals surface area contributed by atoms with Crippen LogP contribution >= 0.6 is 0 Å². The number of benzene rings is 2. The molecular formula is C28H41N5O3. The van der Waals surface area contributed by atoms with Crippen molar-refractivity contribution in [2.45, 2.75) is 33.7 Å². The van der Waals surface area contributed by atoms with Crippen molar-refractivity contribution in [2.24, 2.45) is 0 Å². The SMILES string of the molecule is CCN(CC)[C@H](CNC(=O)N1CCN(CC(=O)Nc2cccc(C)c2C)CC1)c1cccc(OC)c1. The summed E-state index contributed by atoms with van der Waals surface area (Å²) in [4.78, 5) is 31.8. The number of hydrogen-bond acceptors (Lipinski definition) is 5. The van der Waals surface area contributed by atoms with Crippen molar-refractivity contribution < 1.29 is 14.3 Å². The molecule has 196 valence electrons. The fraction of sp³-hybridized carbons (Fsp3) is 0.500. The molecule has 0 aromatic heterocycles. The maximum atomic E-state index is 13.0. The van der Waals surface area contributed by atoms with Gasteiger partial charge in [-0.15, -0.1) is 0 Å². The van der Waals surface area contributed by atoms with Gasteiger partial charge in [-0.3, -0.25) is 14.6 Å². The summed E-state index contributed by atoms with van der Waals surface area (Å²) in [6.07, 6.45) is 0. The van der Waals surface area contributed by atoms with E-state index in [4.69, 9.17) is 4.74 Å². The fourth-order valence-corrected chi connectivity index (χ4v) is 4.66. The first kappa shape index (κ1) is 27.5. The summed E-state index contributed by atoms with van der Waals surface area (Å²) in [6, 6.07) is 14.0. The van der Waals surface area contributed by atoms with Crippen LogP contribution in [0.25, 0.3) is 0 Å². The summed E-state index contributed by atoms with van der Waals surface area (Å²) in [5, 5.41) is 6.17. The summed E-state index contributed by atoms with van der Waals surface area (Å²) < 4.78 is 5.41. The van der Waals surface area contributed by atoms with Gasteiger partial charge in [-0.2, -0.15) is 0 Å². The number of carbonyl (C=O) groups excluding carboxylic acids is 2.